The highest BCUT2D eigenvalue weighted by Crippen LogP contribution is 2.17. The number of nitro benzene ring substituents is 1. The number of amides is 2. The van der Waals surface area contributed by atoms with Crippen LogP contribution in [-0.4, -0.2) is 35.7 Å². The Hall–Kier alpha value is -3.22. The van der Waals surface area contributed by atoms with Crippen molar-refractivity contribution in [3.8, 4) is 0 Å². The zero-order chi connectivity index (χ0) is 18.4. The third-order valence-electron chi connectivity index (χ3n) is 3.63. The van der Waals surface area contributed by atoms with Crippen molar-refractivity contribution in [2.75, 3.05) is 19.4 Å². The smallest absolute Gasteiger partial charge is 0.270 e. The van der Waals surface area contributed by atoms with Crippen molar-refractivity contribution in [2.45, 2.75) is 12.8 Å². The molecule has 130 valence electrons. The summed E-state index contributed by atoms with van der Waals surface area (Å²) in [5, 5.41) is 13.5. The first kappa shape index (κ1) is 18.1. The molecule has 0 unspecified atom stereocenters. The van der Waals surface area contributed by atoms with Crippen molar-refractivity contribution in [2.24, 2.45) is 0 Å². The van der Waals surface area contributed by atoms with E-state index in [9.17, 15) is 19.7 Å². The van der Waals surface area contributed by atoms with Crippen LogP contribution in [0.25, 0.3) is 0 Å². The van der Waals surface area contributed by atoms with Gasteiger partial charge < -0.3 is 10.2 Å². The van der Waals surface area contributed by atoms with Crippen LogP contribution in [0.1, 0.15) is 22.3 Å². The topological polar surface area (TPSA) is 92.6 Å². The predicted octanol–water partition coefficient (Wildman–Crippen LogP) is 2.87. The van der Waals surface area contributed by atoms with Crippen LogP contribution in [0.5, 0.6) is 0 Å². The van der Waals surface area contributed by atoms with Gasteiger partial charge in [0.2, 0.25) is 5.91 Å². The first-order valence-corrected chi connectivity index (χ1v) is 7.71. The van der Waals surface area contributed by atoms with E-state index in [1.54, 1.807) is 32.3 Å². The number of benzene rings is 2. The molecule has 7 heteroatoms. The average molecular weight is 341 g/mol. The average Bonchev–Trinajstić information content (AvgIpc) is 2.60. The summed E-state index contributed by atoms with van der Waals surface area (Å²) >= 11 is 0. The van der Waals surface area contributed by atoms with Gasteiger partial charge in [-0.05, 0) is 30.2 Å². The summed E-state index contributed by atoms with van der Waals surface area (Å²) in [5.41, 5.74) is 1.57. The Kier molecular flexibility index (Phi) is 5.84. The lowest BCUT2D eigenvalue weighted by atomic mass is 10.1. The van der Waals surface area contributed by atoms with Crippen LogP contribution >= 0.6 is 0 Å². The quantitative estimate of drug-likeness (QED) is 0.646. The van der Waals surface area contributed by atoms with E-state index in [0.29, 0.717) is 18.5 Å². The molecule has 7 nitrogen and oxygen atoms in total. The largest absolute Gasteiger partial charge is 0.349 e. The number of aryl methyl sites for hydroxylation is 1. The van der Waals surface area contributed by atoms with Crippen LogP contribution in [0.15, 0.2) is 48.5 Å². The number of nitrogens with zero attached hydrogens (tertiary/aromatic N) is 2. The Morgan fingerprint density at radius 2 is 1.84 bits per heavy atom. The molecule has 0 saturated heterocycles. The van der Waals surface area contributed by atoms with Gasteiger partial charge in [0.05, 0.1) is 4.92 Å². The molecule has 2 amide bonds. The first-order valence-electron chi connectivity index (χ1n) is 7.71. The molecule has 2 aromatic carbocycles. The minimum atomic E-state index is -0.542. The maximum atomic E-state index is 12.3. The van der Waals surface area contributed by atoms with Crippen LogP contribution in [-0.2, 0) is 11.2 Å². The van der Waals surface area contributed by atoms with Crippen LogP contribution in [0.4, 0.5) is 11.4 Å². The van der Waals surface area contributed by atoms with E-state index in [4.69, 9.17) is 0 Å². The third-order valence-corrected chi connectivity index (χ3v) is 3.63. The van der Waals surface area contributed by atoms with E-state index in [-0.39, 0.29) is 17.2 Å². The molecule has 0 spiro atoms. The molecule has 0 bridgehead atoms. The summed E-state index contributed by atoms with van der Waals surface area (Å²) in [7, 11) is 3.41. The van der Waals surface area contributed by atoms with Gasteiger partial charge in [0, 0.05) is 43.9 Å². The van der Waals surface area contributed by atoms with E-state index in [2.05, 4.69) is 5.32 Å². The summed E-state index contributed by atoms with van der Waals surface area (Å²) < 4.78 is 0. The number of hydrogen-bond donors (Lipinski definition) is 1. The molecule has 0 aliphatic heterocycles. The summed E-state index contributed by atoms with van der Waals surface area (Å²) in [6.45, 7) is 0. The first-order chi connectivity index (χ1) is 11.9. The normalized spacial score (nSPS) is 10.2. The van der Waals surface area contributed by atoms with E-state index in [0.717, 1.165) is 5.56 Å². The monoisotopic (exact) mass is 341 g/mol. The lowest BCUT2D eigenvalue weighted by molar-refractivity contribution is -0.384. The summed E-state index contributed by atoms with van der Waals surface area (Å²) in [5.74, 6) is -0.392. The zero-order valence-corrected chi connectivity index (χ0v) is 14.1. The van der Waals surface area contributed by atoms with Gasteiger partial charge in [-0.25, -0.2) is 0 Å². The van der Waals surface area contributed by atoms with Crippen LogP contribution in [0.3, 0.4) is 0 Å². The number of hydrogen-bond acceptors (Lipinski definition) is 4. The number of nitro groups is 1. The maximum Gasteiger partial charge on any atom is 0.270 e. The van der Waals surface area contributed by atoms with Crippen LogP contribution in [0.2, 0.25) is 0 Å². The molecule has 0 saturated carbocycles. The highest BCUT2D eigenvalue weighted by molar-refractivity contribution is 6.04. The van der Waals surface area contributed by atoms with E-state index in [1.807, 2.05) is 6.07 Å². The minimum absolute atomic E-state index is 0.0334. The standard InChI is InChI=1S/C18H19N3O4/c1-20(2)17(22)10-9-13-5-3-7-15(11-13)19-18(23)14-6-4-8-16(12-14)21(24)25/h3-8,11-12H,9-10H2,1-2H3,(H,19,23). The van der Waals surface area contributed by atoms with Crippen LogP contribution in [0, 0.1) is 10.1 Å². The molecule has 0 aliphatic rings. The molecule has 25 heavy (non-hydrogen) atoms. The lowest BCUT2D eigenvalue weighted by Crippen LogP contribution is -2.21. The fourth-order valence-electron chi connectivity index (χ4n) is 2.24. The van der Waals surface area contributed by atoms with Crippen molar-refractivity contribution in [3.63, 3.8) is 0 Å². The number of anilines is 1. The van der Waals surface area contributed by atoms with E-state index in [1.165, 1.54) is 29.2 Å². The molecule has 0 fully saturated rings. The number of carbonyl (C=O) groups is 2. The number of carbonyl (C=O) groups excluding carboxylic acids is 2. The SMILES string of the molecule is CN(C)C(=O)CCc1cccc(NC(=O)c2cccc([N+](=O)[O-])c2)c1. The molecule has 2 aromatic rings. The van der Waals surface area contributed by atoms with E-state index >= 15 is 0 Å². The van der Waals surface area contributed by atoms with Gasteiger partial charge in [0.1, 0.15) is 0 Å². The van der Waals surface area contributed by atoms with Gasteiger partial charge in [-0.3, -0.25) is 19.7 Å². The second kappa shape index (κ2) is 8.05. The lowest BCUT2D eigenvalue weighted by Gasteiger charge is -2.11. The number of nitrogens with one attached hydrogen (secondary N) is 1. The third kappa shape index (κ3) is 5.13. The Labute approximate surface area is 145 Å². The molecule has 0 atom stereocenters. The van der Waals surface area contributed by atoms with Crippen molar-refractivity contribution >= 4 is 23.2 Å². The Morgan fingerprint density at radius 3 is 2.52 bits per heavy atom. The fraction of sp³-hybridized carbons (Fsp3) is 0.222. The Bertz CT molecular complexity index is 802. The highest BCUT2D eigenvalue weighted by Gasteiger charge is 2.12. The number of rotatable bonds is 6. The van der Waals surface area contributed by atoms with Gasteiger partial charge >= 0.3 is 0 Å². The van der Waals surface area contributed by atoms with Gasteiger partial charge in [0.25, 0.3) is 11.6 Å². The summed E-state index contributed by atoms with van der Waals surface area (Å²) in [4.78, 5) is 35.7. The summed E-state index contributed by atoms with van der Waals surface area (Å²) in [6, 6.07) is 12.7. The number of non-ortho nitro benzene ring substituents is 1. The van der Waals surface area contributed by atoms with Crippen molar-refractivity contribution in [1.82, 2.24) is 4.90 Å². The van der Waals surface area contributed by atoms with Crippen molar-refractivity contribution in [3.05, 3.63) is 69.8 Å². The highest BCUT2D eigenvalue weighted by atomic mass is 16.6. The van der Waals surface area contributed by atoms with Gasteiger partial charge in [0.15, 0.2) is 0 Å². The molecule has 2 rings (SSSR count). The predicted molar refractivity (Wildman–Crippen MR) is 94.5 cm³/mol. The molecule has 0 aromatic heterocycles. The van der Waals surface area contributed by atoms with E-state index < -0.39 is 10.8 Å². The molecular formula is C18H19N3O4. The van der Waals surface area contributed by atoms with Crippen molar-refractivity contribution < 1.29 is 14.5 Å². The molecular weight excluding hydrogens is 322 g/mol. The van der Waals surface area contributed by atoms with Gasteiger partial charge in [-0.15, -0.1) is 0 Å². The Balaban J connectivity index is 2.06. The maximum absolute atomic E-state index is 12.3. The molecule has 0 heterocycles. The molecule has 0 radical (unpaired) electrons. The fourth-order valence-corrected chi connectivity index (χ4v) is 2.24. The van der Waals surface area contributed by atoms with Crippen molar-refractivity contribution in [1.29, 1.82) is 0 Å². The van der Waals surface area contributed by atoms with Gasteiger partial charge in [-0.2, -0.15) is 0 Å². The van der Waals surface area contributed by atoms with Gasteiger partial charge in [-0.1, -0.05) is 18.2 Å². The second-order valence-electron chi connectivity index (χ2n) is 5.75. The Morgan fingerprint density at radius 1 is 1.12 bits per heavy atom. The zero-order valence-electron chi connectivity index (χ0n) is 14.1. The molecule has 1 N–H and O–H groups in total. The summed E-state index contributed by atoms with van der Waals surface area (Å²) in [6.07, 6.45) is 0.951. The molecule has 0 aliphatic carbocycles. The minimum Gasteiger partial charge on any atom is -0.349 e. The van der Waals surface area contributed by atoms with Crippen LogP contribution < -0.4 is 5.32 Å². The second-order valence-corrected chi connectivity index (χ2v) is 5.75.